The molecule has 0 unspecified atom stereocenters. The van der Waals surface area contributed by atoms with Crippen LogP contribution in [0.25, 0.3) is 0 Å². The van der Waals surface area contributed by atoms with Crippen molar-refractivity contribution in [2.24, 2.45) is 0 Å². The number of methoxy groups -OCH3 is 1. The van der Waals surface area contributed by atoms with Gasteiger partial charge < -0.3 is 19.7 Å². The fraction of sp³-hybridized carbons (Fsp3) is 0.714. The summed E-state index contributed by atoms with van der Waals surface area (Å²) in [6, 6.07) is 4.40. The third-order valence-electron chi connectivity index (χ3n) is 4.95. The van der Waals surface area contributed by atoms with Gasteiger partial charge >= 0.3 is 5.97 Å². The van der Waals surface area contributed by atoms with Crippen molar-refractivity contribution in [3.63, 3.8) is 0 Å². The zero-order valence-corrected chi connectivity index (χ0v) is 17.0. The molecule has 1 aliphatic heterocycles. The topological polar surface area (TPSA) is 63.7 Å². The smallest absolute Gasteiger partial charge is 0.305 e. The minimum atomic E-state index is -0.133. The van der Waals surface area contributed by atoms with E-state index in [0.29, 0.717) is 6.42 Å². The molecule has 152 valence electrons. The Kier molecular flexibility index (Phi) is 10.2. The van der Waals surface area contributed by atoms with Crippen LogP contribution < -0.4 is 5.32 Å². The Bertz CT molecular complexity index is 566. The van der Waals surface area contributed by atoms with Crippen molar-refractivity contribution < 1.29 is 14.3 Å². The number of carbonyl (C=O) groups excluding carboxylic acids is 1. The molecule has 2 rings (SSSR count). The molecule has 0 fully saturated rings. The summed E-state index contributed by atoms with van der Waals surface area (Å²) < 4.78 is 10.2. The Labute approximate surface area is 163 Å². The molecule has 0 saturated heterocycles. The predicted molar refractivity (Wildman–Crippen MR) is 108 cm³/mol. The molecule has 0 amide bonds. The number of nitrogens with zero attached hydrogens (tertiary/aromatic N) is 2. The molecule has 1 N–H and O–H groups in total. The van der Waals surface area contributed by atoms with Gasteiger partial charge in [0.05, 0.1) is 13.7 Å². The summed E-state index contributed by atoms with van der Waals surface area (Å²) in [4.78, 5) is 18.5. The molecule has 27 heavy (non-hydrogen) atoms. The molecule has 0 bridgehead atoms. The summed E-state index contributed by atoms with van der Waals surface area (Å²) in [7, 11) is 1.44. The van der Waals surface area contributed by atoms with Crippen LogP contribution in [0.3, 0.4) is 0 Å². The van der Waals surface area contributed by atoms with Crippen molar-refractivity contribution in [3.8, 4) is 0 Å². The van der Waals surface area contributed by atoms with Gasteiger partial charge in [0.2, 0.25) is 0 Å². The molecule has 0 saturated carbocycles. The van der Waals surface area contributed by atoms with E-state index in [4.69, 9.17) is 14.5 Å². The lowest BCUT2D eigenvalue weighted by atomic mass is 10.1. The van der Waals surface area contributed by atoms with Crippen molar-refractivity contribution in [3.05, 3.63) is 23.4 Å². The maximum atomic E-state index is 11.3. The van der Waals surface area contributed by atoms with E-state index in [1.165, 1.54) is 24.8 Å². The van der Waals surface area contributed by atoms with E-state index in [0.717, 1.165) is 77.3 Å². The number of hydrogen-bond acceptors (Lipinski definition) is 6. The molecule has 2 heterocycles. The van der Waals surface area contributed by atoms with Crippen molar-refractivity contribution in [2.75, 3.05) is 51.8 Å². The summed E-state index contributed by atoms with van der Waals surface area (Å²) in [6.45, 7) is 7.38. The van der Waals surface area contributed by atoms with Crippen LogP contribution in [-0.4, -0.2) is 62.4 Å². The number of hydrogen-bond donors (Lipinski definition) is 1. The Balaban J connectivity index is 1.70. The molecule has 0 aromatic carbocycles. The quantitative estimate of drug-likeness (QED) is 0.421. The van der Waals surface area contributed by atoms with E-state index in [1.54, 1.807) is 0 Å². The van der Waals surface area contributed by atoms with Gasteiger partial charge in [-0.3, -0.25) is 4.79 Å². The summed E-state index contributed by atoms with van der Waals surface area (Å²) in [6.07, 6.45) is 6.89. The number of ether oxygens (including phenoxy) is 2. The molecular weight excluding hydrogens is 342 g/mol. The lowest BCUT2D eigenvalue weighted by molar-refractivity contribution is -0.140. The highest BCUT2D eigenvalue weighted by molar-refractivity contribution is 5.69. The second-order valence-corrected chi connectivity index (χ2v) is 7.02. The minimum Gasteiger partial charge on any atom is -0.469 e. The molecular formula is C21H35N3O3. The highest BCUT2D eigenvalue weighted by Crippen LogP contribution is 2.20. The Morgan fingerprint density at radius 2 is 2.07 bits per heavy atom. The zero-order valence-electron chi connectivity index (χ0n) is 17.0. The number of esters is 1. The van der Waals surface area contributed by atoms with Crippen LogP contribution in [0, 0.1) is 0 Å². The normalized spacial score (nSPS) is 13.3. The van der Waals surface area contributed by atoms with Crippen molar-refractivity contribution in [2.45, 2.75) is 51.9 Å². The Morgan fingerprint density at radius 1 is 1.22 bits per heavy atom. The number of pyridine rings is 1. The second-order valence-electron chi connectivity index (χ2n) is 7.02. The molecule has 0 spiro atoms. The number of carbonyl (C=O) groups is 1. The first kappa shape index (κ1) is 21.6. The van der Waals surface area contributed by atoms with E-state index in [-0.39, 0.29) is 5.97 Å². The third kappa shape index (κ3) is 8.26. The molecule has 0 aliphatic carbocycles. The summed E-state index contributed by atoms with van der Waals surface area (Å²) >= 11 is 0. The van der Waals surface area contributed by atoms with Crippen LogP contribution in [-0.2, 0) is 27.1 Å². The number of rotatable bonds is 13. The van der Waals surface area contributed by atoms with Crippen LogP contribution >= 0.6 is 0 Å². The van der Waals surface area contributed by atoms with E-state index >= 15 is 0 Å². The third-order valence-corrected chi connectivity index (χ3v) is 4.95. The van der Waals surface area contributed by atoms with Gasteiger partial charge in [0.1, 0.15) is 5.82 Å². The van der Waals surface area contributed by atoms with Crippen LogP contribution in [0.4, 0.5) is 5.82 Å². The standard InChI is InChI=1S/C21H35N3O3/c1-3-27-17-16-24(15-7-10-20(25)26-2)14-5-4-9-19-12-11-18-8-6-13-22-21(18)23-19/h11-12H,3-10,13-17H2,1-2H3,(H,22,23). The van der Waals surface area contributed by atoms with Crippen LogP contribution in [0.5, 0.6) is 0 Å². The monoisotopic (exact) mass is 377 g/mol. The van der Waals surface area contributed by atoms with Gasteiger partial charge in [-0.15, -0.1) is 0 Å². The number of aromatic nitrogens is 1. The van der Waals surface area contributed by atoms with E-state index in [2.05, 4.69) is 22.3 Å². The number of nitrogens with one attached hydrogen (secondary N) is 1. The second kappa shape index (κ2) is 12.7. The number of aryl methyl sites for hydroxylation is 2. The van der Waals surface area contributed by atoms with Gasteiger partial charge in [0.15, 0.2) is 0 Å². The predicted octanol–water partition coefficient (Wildman–Crippen LogP) is 3.05. The highest BCUT2D eigenvalue weighted by Gasteiger charge is 2.11. The molecule has 6 nitrogen and oxygen atoms in total. The van der Waals surface area contributed by atoms with E-state index in [9.17, 15) is 4.79 Å². The molecule has 0 atom stereocenters. The van der Waals surface area contributed by atoms with E-state index in [1.807, 2.05) is 6.92 Å². The Hall–Kier alpha value is -1.66. The maximum Gasteiger partial charge on any atom is 0.305 e. The largest absolute Gasteiger partial charge is 0.469 e. The van der Waals surface area contributed by atoms with Crippen molar-refractivity contribution in [1.29, 1.82) is 0 Å². The molecule has 0 radical (unpaired) electrons. The number of unbranched alkanes of at least 4 members (excludes halogenated alkanes) is 1. The van der Waals surface area contributed by atoms with Gasteiger partial charge in [0.25, 0.3) is 0 Å². The van der Waals surface area contributed by atoms with Crippen LogP contribution in [0.15, 0.2) is 12.1 Å². The number of anilines is 1. The first-order valence-corrected chi connectivity index (χ1v) is 10.3. The van der Waals surface area contributed by atoms with E-state index < -0.39 is 0 Å². The average Bonchev–Trinajstić information content (AvgIpc) is 2.70. The zero-order chi connectivity index (χ0) is 19.3. The lowest BCUT2D eigenvalue weighted by Gasteiger charge is -2.22. The maximum absolute atomic E-state index is 11.3. The average molecular weight is 378 g/mol. The van der Waals surface area contributed by atoms with Gasteiger partial charge in [-0.2, -0.15) is 0 Å². The lowest BCUT2D eigenvalue weighted by Crippen LogP contribution is -2.30. The first-order chi connectivity index (χ1) is 13.2. The molecule has 6 heteroatoms. The summed E-state index contributed by atoms with van der Waals surface area (Å²) in [5.41, 5.74) is 2.52. The minimum absolute atomic E-state index is 0.133. The van der Waals surface area contributed by atoms with Gasteiger partial charge in [-0.05, 0) is 70.2 Å². The van der Waals surface area contributed by atoms with Gasteiger partial charge in [-0.25, -0.2) is 4.98 Å². The fourth-order valence-corrected chi connectivity index (χ4v) is 3.37. The number of fused-ring (bicyclic) bond motifs is 1. The van der Waals surface area contributed by atoms with Crippen LogP contribution in [0.1, 0.15) is 50.3 Å². The van der Waals surface area contributed by atoms with Crippen LogP contribution in [0.2, 0.25) is 0 Å². The molecule has 1 aromatic heterocycles. The summed E-state index contributed by atoms with van der Waals surface area (Å²) in [5.74, 6) is 0.951. The van der Waals surface area contributed by atoms with Crippen molar-refractivity contribution >= 4 is 11.8 Å². The Morgan fingerprint density at radius 3 is 2.89 bits per heavy atom. The molecule has 1 aromatic rings. The highest BCUT2D eigenvalue weighted by atomic mass is 16.5. The van der Waals surface area contributed by atoms with Gasteiger partial charge in [0, 0.05) is 31.8 Å². The molecule has 1 aliphatic rings. The fourth-order valence-electron chi connectivity index (χ4n) is 3.37. The van der Waals surface area contributed by atoms with Crippen molar-refractivity contribution in [1.82, 2.24) is 9.88 Å². The summed E-state index contributed by atoms with van der Waals surface area (Å²) in [5, 5.41) is 3.41. The SMILES string of the molecule is CCOCCN(CCCCc1ccc2c(n1)NCCC2)CCCC(=O)OC. The van der Waals surface area contributed by atoms with Gasteiger partial charge in [-0.1, -0.05) is 6.07 Å². The first-order valence-electron chi connectivity index (χ1n) is 10.3.